The van der Waals surface area contributed by atoms with Gasteiger partial charge >= 0.3 is 5.69 Å². The van der Waals surface area contributed by atoms with Crippen LogP contribution in [0.1, 0.15) is 56.7 Å². The molecule has 0 aliphatic carbocycles. The van der Waals surface area contributed by atoms with Gasteiger partial charge in [-0.2, -0.15) is 0 Å². The summed E-state index contributed by atoms with van der Waals surface area (Å²) in [6.07, 6.45) is 3.61. The topological polar surface area (TPSA) is 130 Å². The summed E-state index contributed by atoms with van der Waals surface area (Å²) in [4.78, 5) is 37.6. The number of nitro groups is 1. The molecule has 0 radical (unpaired) electrons. The number of likely N-dealkylation sites (tertiary alicyclic amines) is 1. The van der Waals surface area contributed by atoms with Crippen LogP contribution in [0, 0.1) is 10.1 Å². The predicted octanol–water partition coefficient (Wildman–Crippen LogP) is 4.70. The fourth-order valence-corrected chi connectivity index (χ4v) is 3.96. The van der Waals surface area contributed by atoms with Crippen LogP contribution in [0.15, 0.2) is 48.0 Å². The van der Waals surface area contributed by atoms with Crippen LogP contribution in [-0.2, 0) is 9.59 Å². The van der Waals surface area contributed by atoms with E-state index in [1.807, 2.05) is 6.92 Å². The number of carbonyl (C=O) groups is 2. The Kier molecular flexibility index (Phi) is 7.88. The van der Waals surface area contributed by atoms with E-state index < -0.39 is 34.1 Å². The molecule has 1 amide bonds. The molecule has 1 unspecified atom stereocenters. The lowest BCUT2D eigenvalue weighted by atomic mass is 9.94. The van der Waals surface area contributed by atoms with E-state index in [1.165, 1.54) is 11.0 Å². The number of benzene rings is 2. The number of carbonyl (C=O) groups excluding carboxylic acids is 2. The smallest absolute Gasteiger partial charge is 0.311 e. The zero-order chi connectivity index (χ0) is 24.8. The van der Waals surface area contributed by atoms with Crippen LogP contribution in [0.4, 0.5) is 5.69 Å². The second kappa shape index (κ2) is 10.8. The minimum Gasteiger partial charge on any atom is -0.507 e. The lowest BCUT2D eigenvalue weighted by molar-refractivity contribution is -0.385. The van der Waals surface area contributed by atoms with Gasteiger partial charge in [0, 0.05) is 18.2 Å². The van der Waals surface area contributed by atoms with Crippen LogP contribution in [0.3, 0.4) is 0 Å². The number of phenolic OH excluding ortho intramolecular Hbond substituents is 1. The molecule has 2 N–H and O–H groups in total. The molecule has 3 rings (SSSR count). The second-order valence-electron chi connectivity index (χ2n) is 8.08. The zero-order valence-electron chi connectivity index (χ0n) is 19.2. The van der Waals surface area contributed by atoms with Gasteiger partial charge < -0.3 is 19.8 Å². The van der Waals surface area contributed by atoms with Crippen molar-refractivity contribution >= 4 is 23.1 Å². The summed E-state index contributed by atoms with van der Waals surface area (Å²) >= 11 is 0. The van der Waals surface area contributed by atoms with E-state index >= 15 is 0 Å². The van der Waals surface area contributed by atoms with E-state index in [4.69, 9.17) is 4.74 Å². The van der Waals surface area contributed by atoms with Gasteiger partial charge in [-0.25, -0.2) is 0 Å². The van der Waals surface area contributed by atoms with Crippen LogP contribution >= 0.6 is 0 Å². The summed E-state index contributed by atoms with van der Waals surface area (Å²) in [7, 11) is 0. The number of aliphatic hydroxyl groups excluding tert-OH is 1. The van der Waals surface area contributed by atoms with Crippen molar-refractivity contribution in [2.24, 2.45) is 0 Å². The van der Waals surface area contributed by atoms with E-state index in [9.17, 15) is 29.9 Å². The third-order valence-corrected chi connectivity index (χ3v) is 5.66. The molecule has 1 aliphatic heterocycles. The third kappa shape index (κ3) is 5.03. The molecular weight excluding hydrogens is 440 g/mol. The average Bonchev–Trinajstić information content (AvgIpc) is 3.07. The molecule has 2 aromatic carbocycles. The zero-order valence-corrected chi connectivity index (χ0v) is 19.2. The Labute approximate surface area is 197 Å². The number of rotatable bonds is 10. The average molecular weight is 469 g/mol. The highest BCUT2D eigenvalue weighted by Gasteiger charge is 2.46. The molecule has 0 aromatic heterocycles. The van der Waals surface area contributed by atoms with Crippen LogP contribution < -0.4 is 4.74 Å². The molecule has 180 valence electrons. The highest BCUT2D eigenvalue weighted by atomic mass is 16.6. The summed E-state index contributed by atoms with van der Waals surface area (Å²) in [6, 6.07) is 9.17. The lowest BCUT2D eigenvalue weighted by Gasteiger charge is -2.24. The number of phenols is 1. The summed E-state index contributed by atoms with van der Waals surface area (Å²) in [5.74, 6) is -1.96. The molecule has 1 saturated heterocycles. The fraction of sp³-hybridized carbons (Fsp3) is 0.360. The first-order chi connectivity index (χ1) is 16.3. The maximum atomic E-state index is 12.9. The first kappa shape index (κ1) is 24.8. The predicted molar refractivity (Wildman–Crippen MR) is 126 cm³/mol. The number of amides is 1. The molecule has 1 heterocycles. The Morgan fingerprint density at radius 2 is 1.79 bits per heavy atom. The SMILES string of the molecule is CCCCCOc1ccc(/C(O)=C2/C(=O)C(=O)N(CCC)C2c2ccc(O)c([N+](=O)[O-])c2)cc1. The molecule has 0 saturated carbocycles. The van der Waals surface area contributed by atoms with Crippen molar-refractivity contribution in [3.8, 4) is 11.5 Å². The van der Waals surface area contributed by atoms with Gasteiger partial charge in [0.2, 0.25) is 0 Å². The molecule has 34 heavy (non-hydrogen) atoms. The van der Waals surface area contributed by atoms with Gasteiger partial charge in [0.1, 0.15) is 11.5 Å². The first-order valence-electron chi connectivity index (χ1n) is 11.3. The summed E-state index contributed by atoms with van der Waals surface area (Å²) in [5, 5.41) is 32.2. The van der Waals surface area contributed by atoms with Crippen molar-refractivity contribution in [2.45, 2.75) is 45.6 Å². The Bertz CT molecular complexity index is 1110. The Balaban J connectivity index is 2.03. The largest absolute Gasteiger partial charge is 0.507 e. The molecule has 0 bridgehead atoms. The van der Waals surface area contributed by atoms with Gasteiger partial charge in [0.05, 0.1) is 23.1 Å². The maximum absolute atomic E-state index is 12.9. The first-order valence-corrected chi connectivity index (χ1v) is 11.3. The van der Waals surface area contributed by atoms with Crippen molar-refractivity contribution in [3.05, 3.63) is 69.3 Å². The molecule has 0 spiro atoms. The number of ether oxygens (including phenoxy) is 1. The highest BCUT2D eigenvalue weighted by Crippen LogP contribution is 2.41. The van der Waals surface area contributed by atoms with Gasteiger partial charge in [-0.3, -0.25) is 19.7 Å². The number of aliphatic hydroxyl groups is 1. The number of hydrogen-bond donors (Lipinski definition) is 2. The van der Waals surface area contributed by atoms with Crippen molar-refractivity contribution in [2.75, 3.05) is 13.2 Å². The fourth-order valence-electron chi connectivity index (χ4n) is 3.96. The van der Waals surface area contributed by atoms with Crippen molar-refractivity contribution in [3.63, 3.8) is 0 Å². The number of nitro benzene ring substituents is 1. The molecule has 1 fully saturated rings. The van der Waals surface area contributed by atoms with E-state index in [-0.39, 0.29) is 23.4 Å². The van der Waals surface area contributed by atoms with Crippen LogP contribution in [0.2, 0.25) is 0 Å². The van der Waals surface area contributed by atoms with Gasteiger partial charge in [-0.05, 0) is 48.7 Å². The molecule has 1 aliphatic rings. The van der Waals surface area contributed by atoms with Crippen molar-refractivity contribution < 1.29 is 29.5 Å². The lowest BCUT2D eigenvalue weighted by Crippen LogP contribution is -2.30. The summed E-state index contributed by atoms with van der Waals surface area (Å²) in [6.45, 7) is 4.71. The van der Waals surface area contributed by atoms with E-state index in [1.54, 1.807) is 24.3 Å². The minimum atomic E-state index is -1.02. The summed E-state index contributed by atoms with van der Waals surface area (Å²) in [5.41, 5.74) is -0.150. The Morgan fingerprint density at radius 1 is 1.09 bits per heavy atom. The number of nitrogens with zero attached hydrogens (tertiary/aromatic N) is 2. The monoisotopic (exact) mass is 468 g/mol. The summed E-state index contributed by atoms with van der Waals surface area (Å²) < 4.78 is 5.68. The van der Waals surface area contributed by atoms with Crippen molar-refractivity contribution in [1.29, 1.82) is 0 Å². The normalized spacial score (nSPS) is 17.2. The second-order valence-corrected chi connectivity index (χ2v) is 8.08. The molecular formula is C25H28N2O7. The molecule has 9 nitrogen and oxygen atoms in total. The van der Waals surface area contributed by atoms with E-state index in [0.29, 0.717) is 24.3 Å². The van der Waals surface area contributed by atoms with Crippen LogP contribution in [0.5, 0.6) is 11.5 Å². The van der Waals surface area contributed by atoms with Crippen LogP contribution in [-0.4, -0.2) is 44.9 Å². The number of hydrogen-bond acceptors (Lipinski definition) is 7. The number of unbranched alkanes of at least 4 members (excludes halogenated alkanes) is 2. The van der Waals surface area contributed by atoms with Gasteiger partial charge in [0.15, 0.2) is 5.75 Å². The number of Topliss-reactive ketones (excluding diaryl/α,β-unsaturated/α-hetero) is 1. The Hall–Kier alpha value is -3.88. The molecule has 1 atom stereocenters. The van der Waals surface area contributed by atoms with Gasteiger partial charge in [0.25, 0.3) is 11.7 Å². The number of ketones is 1. The van der Waals surface area contributed by atoms with Crippen molar-refractivity contribution in [1.82, 2.24) is 4.90 Å². The van der Waals surface area contributed by atoms with E-state index in [0.717, 1.165) is 31.4 Å². The number of aromatic hydroxyl groups is 1. The van der Waals surface area contributed by atoms with Crippen LogP contribution in [0.25, 0.3) is 5.76 Å². The van der Waals surface area contributed by atoms with Gasteiger partial charge in [-0.15, -0.1) is 0 Å². The molecule has 9 heteroatoms. The third-order valence-electron chi connectivity index (χ3n) is 5.66. The van der Waals surface area contributed by atoms with Gasteiger partial charge in [-0.1, -0.05) is 32.8 Å². The highest BCUT2D eigenvalue weighted by molar-refractivity contribution is 6.46. The van der Waals surface area contributed by atoms with E-state index in [2.05, 4.69) is 6.92 Å². The quantitative estimate of drug-likeness (QED) is 0.129. The Morgan fingerprint density at radius 3 is 2.41 bits per heavy atom. The minimum absolute atomic E-state index is 0.157. The maximum Gasteiger partial charge on any atom is 0.311 e. The standard InChI is InChI=1S/C25H28N2O7/c1-3-5-6-14-34-18-10-7-16(8-11-18)23(29)21-22(26(13-4-2)25(31)24(21)30)17-9-12-20(28)19(15-17)27(32)33/h7-12,15,22,28-29H,3-6,13-14H2,1-2H3/b23-21-. The molecule has 2 aromatic rings.